The lowest BCUT2D eigenvalue weighted by atomic mass is 9.86. The zero-order chi connectivity index (χ0) is 48.2. The summed E-state index contributed by atoms with van der Waals surface area (Å²) < 4.78 is 1.55. The molecule has 1 radical (unpaired) electrons. The number of nitrogens with zero attached hydrogens (tertiary/aromatic N) is 5. The zero-order valence-electron chi connectivity index (χ0n) is 40.2. The minimum absolute atomic E-state index is 0.0899. The summed E-state index contributed by atoms with van der Waals surface area (Å²) in [6, 6.07) is 16.5. The maximum atomic E-state index is 14.0. The van der Waals surface area contributed by atoms with Gasteiger partial charge in [0.2, 0.25) is 23.3 Å². The number of carbonyl (C=O) groups is 4. The molecule has 5 heterocycles. The van der Waals surface area contributed by atoms with Crippen molar-refractivity contribution in [2.45, 2.75) is 148 Å². The van der Waals surface area contributed by atoms with Crippen LogP contribution in [0.2, 0.25) is 6.04 Å². The van der Waals surface area contributed by atoms with E-state index in [2.05, 4.69) is 30.8 Å². The number of benzene rings is 2. The molecule has 3 aromatic heterocycles. The molecule has 4 amide bonds. The normalized spacial score (nSPS) is 16.0. The van der Waals surface area contributed by atoms with Crippen molar-refractivity contribution in [1.82, 2.24) is 40.3 Å². The molecule has 2 atom stereocenters. The van der Waals surface area contributed by atoms with Crippen molar-refractivity contribution in [3.8, 4) is 27.4 Å². The number of β-amino-alcohol motifs (C(OH)–C–C–N with tert-alkyl or cyclic N) is 1. The number of carbonyl (C=O) groups excluding carboxylic acids is 4. The Balaban J connectivity index is 0.709. The number of aromatic amines is 1. The number of thiazole rings is 1. The molecular weight excluding hydrogens is 893 g/mol. The number of amides is 4. The second-order valence-corrected chi connectivity index (χ2v) is 22.9. The molecule has 2 aliphatic rings. The fourth-order valence-corrected chi connectivity index (χ4v) is 12.5. The summed E-state index contributed by atoms with van der Waals surface area (Å²) >= 11 is 1.59. The van der Waals surface area contributed by atoms with Crippen molar-refractivity contribution >= 4 is 54.6 Å². The van der Waals surface area contributed by atoms with Crippen LogP contribution in [0.1, 0.15) is 133 Å². The summed E-state index contributed by atoms with van der Waals surface area (Å²) in [5.74, 6) is 0.191. The van der Waals surface area contributed by atoms with Crippen LogP contribution in [0.3, 0.4) is 0 Å². The maximum absolute atomic E-state index is 14.0. The first-order valence-electron chi connectivity index (χ1n) is 24.6. The van der Waals surface area contributed by atoms with Gasteiger partial charge in [-0.1, -0.05) is 121 Å². The molecule has 14 nitrogen and oxygen atoms in total. The molecule has 2 aromatic carbocycles. The number of phenols is 1. The monoisotopic (exact) mass is 961 g/mol. The molecule has 68 heavy (non-hydrogen) atoms. The van der Waals surface area contributed by atoms with Crippen LogP contribution in [0.15, 0.2) is 66.3 Å². The molecule has 0 unspecified atom stereocenters. The van der Waals surface area contributed by atoms with Gasteiger partial charge in [-0.05, 0) is 66.1 Å². The summed E-state index contributed by atoms with van der Waals surface area (Å²) in [7, 11) is -2.09. The average molecular weight is 962 g/mol. The largest absolute Gasteiger partial charge is 0.507 e. The van der Waals surface area contributed by atoms with Crippen LogP contribution >= 0.6 is 11.3 Å². The van der Waals surface area contributed by atoms with Gasteiger partial charge in [0.05, 0.1) is 27.9 Å². The molecule has 363 valence electrons. The first kappa shape index (κ1) is 50.4. The van der Waals surface area contributed by atoms with Gasteiger partial charge in [0.15, 0.2) is 5.65 Å². The third kappa shape index (κ3) is 13.2. The van der Waals surface area contributed by atoms with Crippen LogP contribution in [0.25, 0.3) is 32.7 Å². The topological polar surface area (TPSA) is 194 Å². The number of phenolic OH excluding ortho intramolecular Hbond substituents is 1. The first-order valence-corrected chi connectivity index (χ1v) is 27.1. The summed E-state index contributed by atoms with van der Waals surface area (Å²) in [6.45, 7) is 9.55. The van der Waals surface area contributed by atoms with E-state index < -0.39 is 26.5 Å². The standard InChI is InChI=1S/C52H69N8O6SSi/c1-35-47(67-34-55-35)37-25-23-36(24-26-37)28-54-51(66)68-33-39(61)32-60(68)50(65)48(52(2,3)4)56-45(63)21-15-13-11-9-7-5-6-8-10-12-14-16-22-46(64)59-30-38(31-59)42-29-53-49-41(42)27-43(57-58-49)40-19-17-18-20-44(40)62/h17-20,23-27,29,34,38-39,48,61-62H,5-16,21-22,28,30-33H2,1-4H3,(H,53,58)(H,54,66)(H,56,63)/t39-,48+/m0/s1. The summed E-state index contributed by atoms with van der Waals surface area (Å²) in [5, 5.41) is 36.5. The number of likely N-dealkylation sites (tertiary alicyclic amines) is 1. The Morgan fingerprint density at radius 1 is 0.868 bits per heavy atom. The number of aliphatic hydroxyl groups is 1. The molecule has 5 aromatic rings. The number of nitrogens with one attached hydrogen (secondary N) is 3. The van der Waals surface area contributed by atoms with Gasteiger partial charge in [-0.3, -0.25) is 19.2 Å². The van der Waals surface area contributed by atoms with Crippen LogP contribution in [0.4, 0.5) is 4.79 Å². The smallest absolute Gasteiger partial charge is 0.286 e. The number of hydrogen-bond acceptors (Lipinski definition) is 10. The average Bonchev–Trinajstić information content (AvgIpc) is 4.04. The number of aromatic hydroxyl groups is 1. The Hall–Kier alpha value is -5.45. The molecule has 5 N–H and O–H groups in total. The fraction of sp³-hybridized carbons (Fsp3) is 0.519. The number of para-hydroxylation sites is 1. The van der Waals surface area contributed by atoms with Crippen molar-refractivity contribution in [2.24, 2.45) is 5.41 Å². The third-order valence-electron chi connectivity index (χ3n) is 13.4. The van der Waals surface area contributed by atoms with E-state index >= 15 is 0 Å². The predicted molar refractivity (Wildman–Crippen MR) is 269 cm³/mol. The lowest BCUT2D eigenvalue weighted by molar-refractivity contribution is -0.136. The Morgan fingerprint density at radius 2 is 1.51 bits per heavy atom. The highest BCUT2D eigenvalue weighted by atomic mass is 32.1. The Bertz CT molecular complexity index is 2480. The zero-order valence-corrected chi connectivity index (χ0v) is 42.0. The predicted octanol–water partition coefficient (Wildman–Crippen LogP) is 9.37. The number of aromatic nitrogens is 4. The van der Waals surface area contributed by atoms with E-state index in [1.807, 2.05) is 86.8 Å². The lowest BCUT2D eigenvalue weighted by Crippen LogP contribution is -2.59. The molecule has 2 aliphatic heterocycles. The SMILES string of the molecule is Cc1ncsc1-c1ccc(CNC(=O)[Si]2C[C@@H](O)CN2C(=O)[C@@H](NC(=O)CCCCCCCCCCCCCCC(=O)N2CC(c3c[nH]c4nnc(-c5ccccc5O)cc34)C2)C(C)(C)C)cc1. The Kier molecular flexibility index (Phi) is 17.6. The van der Waals surface area contributed by atoms with E-state index in [9.17, 15) is 29.4 Å². The quantitative estimate of drug-likeness (QED) is 0.0313. The van der Waals surface area contributed by atoms with Crippen LogP contribution < -0.4 is 10.6 Å². The van der Waals surface area contributed by atoms with Gasteiger partial charge in [0.1, 0.15) is 11.8 Å². The van der Waals surface area contributed by atoms with E-state index in [4.69, 9.17) is 0 Å². The molecule has 0 saturated carbocycles. The van der Waals surface area contributed by atoms with E-state index in [0.717, 1.165) is 77.6 Å². The number of aliphatic hydroxyl groups excluding tert-OH is 1. The van der Waals surface area contributed by atoms with Gasteiger partial charge < -0.3 is 35.3 Å². The lowest BCUT2D eigenvalue weighted by Gasteiger charge is -2.39. The van der Waals surface area contributed by atoms with E-state index in [0.29, 0.717) is 49.4 Å². The van der Waals surface area contributed by atoms with Gasteiger partial charge in [-0.2, -0.15) is 0 Å². The van der Waals surface area contributed by atoms with Gasteiger partial charge in [0.25, 0.3) is 8.96 Å². The van der Waals surface area contributed by atoms with Crippen LogP contribution in [0.5, 0.6) is 5.75 Å². The number of H-pyrrole nitrogens is 1. The van der Waals surface area contributed by atoms with Crippen LogP contribution in [-0.4, -0.2) is 104 Å². The van der Waals surface area contributed by atoms with Gasteiger partial charge >= 0.3 is 0 Å². The van der Waals surface area contributed by atoms with Crippen LogP contribution in [0, 0.1) is 12.3 Å². The highest BCUT2D eigenvalue weighted by Gasteiger charge is 2.46. The molecule has 7 rings (SSSR count). The number of aryl methyl sites for hydroxylation is 1. The Labute approximate surface area is 406 Å². The second-order valence-electron chi connectivity index (χ2n) is 19.8. The Morgan fingerprint density at radius 3 is 2.15 bits per heavy atom. The highest BCUT2D eigenvalue weighted by Crippen LogP contribution is 2.35. The highest BCUT2D eigenvalue weighted by molar-refractivity contribution is 7.13. The number of fused-ring (bicyclic) bond motifs is 1. The minimum Gasteiger partial charge on any atom is -0.507 e. The number of hydrogen-bond donors (Lipinski definition) is 5. The van der Waals surface area contributed by atoms with Crippen molar-refractivity contribution in [2.75, 3.05) is 19.6 Å². The van der Waals surface area contributed by atoms with Crippen molar-refractivity contribution < 1.29 is 29.4 Å². The molecule has 16 heteroatoms. The van der Waals surface area contributed by atoms with E-state index in [1.165, 1.54) is 32.1 Å². The summed E-state index contributed by atoms with van der Waals surface area (Å²) in [5.41, 5.74) is 7.14. The van der Waals surface area contributed by atoms with Crippen molar-refractivity contribution in [3.05, 3.63) is 83.1 Å². The molecular formula is C52H69N8O6SSi. The molecule has 0 spiro atoms. The second kappa shape index (κ2) is 23.7. The van der Waals surface area contributed by atoms with Gasteiger partial charge in [-0.15, -0.1) is 21.5 Å². The minimum atomic E-state index is -2.09. The van der Waals surface area contributed by atoms with Crippen LogP contribution in [-0.2, 0) is 20.9 Å². The molecule has 0 bridgehead atoms. The van der Waals surface area contributed by atoms with E-state index in [1.54, 1.807) is 28.0 Å². The number of rotatable bonds is 23. The third-order valence-corrected chi connectivity index (χ3v) is 17.0. The van der Waals surface area contributed by atoms with Gasteiger partial charge in [-0.25, -0.2) is 4.98 Å². The van der Waals surface area contributed by atoms with Gasteiger partial charge in [0, 0.05) is 62.1 Å². The summed E-state index contributed by atoms with van der Waals surface area (Å²) in [6.07, 6.45) is 15.2. The molecule has 2 saturated heterocycles. The first-order chi connectivity index (χ1) is 32.8. The fourth-order valence-electron chi connectivity index (χ4n) is 9.30. The van der Waals surface area contributed by atoms with Crippen molar-refractivity contribution in [3.63, 3.8) is 0 Å². The molecule has 2 fully saturated rings. The van der Waals surface area contributed by atoms with E-state index in [-0.39, 0.29) is 47.5 Å². The summed E-state index contributed by atoms with van der Waals surface area (Å²) in [4.78, 5) is 64.2. The molecule has 0 aliphatic carbocycles. The number of unbranched alkanes of at least 4 members (excludes halogenated alkanes) is 11. The maximum Gasteiger partial charge on any atom is 0.286 e. The van der Waals surface area contributed by atoms with Crippen molar-refractivity contribution in [1.29, 1.82) is 0 Å².